The molecule has 1 aliphatic heterocycles. The average Bonchev–Trinajstić information content (AvgIpc) is 2.75. The monoisotopic (exact) mass is 282 g/mol. The SMILES string of the molecule is CC(C)(C)OC(=O)N1CCC(c2cccc(Cl)n2)C1. The number of amides is 1. The highest BCUT2D eigenvalue weighted by molar-refractivity contribution is 6.29. The lowest BCUT2D eigenvalue weighted by atomic mass is 10.0. The van der Waals surface area contributed by atoms with Crippen LogP contribution >= 0.6 is 11.6 Å². The van der Waals surface area contributed by atoms with Gasteiger partial charge in [0, 0.05) is 24.7 Å². The highest BCUT2D eigenvalue weighted by atomic mass is 35.5. The Kier molecular flexibility index (Phi) is 3.99. The maximum absolute atomic E-state index is 12.0. The molecule has 2 rings (SSSR count). The fourth-order valence-electron chi connectivity index (χ4n) is 2.15. The van der Waals surface area contributed by atoms with Crippen molar-refractivity contribution in [3.8, 4) is 0 Å². The van der Waals surface area contributed by atoms with Gasteiger partial charge in [-0.3, -0.25) is 0 Å². The summed E-state index contributed by atoms with van der Waals surface area (Å²) in [5.41, 5.74) is 0.488. The van der Waals surface area contributed by atoms with Crippen LogP contribution in [0.1, 0.15) is 38.8 Å². The van der Waals surface area contributed by atoms with Crippen LogP contribution < -0.4 is 0 Å². The van der Waals surface area contributed by atoms with Crippen molar-refractivity contribution in [2.75, 3.05) is 13.1 Å². The van der Waals surface area contributed by atoms with Gasteiger partial charge in [0.05, 0.1) is 0 Å². The summed E-state index contributed by atoms with van der Waals surface area (Å²) in [7, 11) is 0. The molecular formula is C14H19ClN2O2. The lowest BCUT2D eigenvalue weighted by Gasteiger charge is -2.24. The van der Waals surface area contributed by atoms with Crippen molar-refractivity contribution in [1.82, 2.24) is 9.88 Å². The normalized spacial score (nSPS) is 19.6. The zero-order valence-electron chi connectivity index (χ0n) is 11.5. The minimum absolute atomic E-state index is 0.242. The Morgan fingerprint density at radius 1 is 1.47 bits per heavy atom. The van der Waals surface area contributed by atoms with Crippen molar-refractivity contribution < 1.29 is 9.53 Å². The summed E-state index contributed by atoms with van der Waals surface area (Å²) in [6.07, 6.45) is 0.643. The maximum Gasteiger partial charge on any atom is 0.410 e. The summed E-state index contributed by atoms with van der Waals surface area (Å²) in [5.74, 6) is 0.242. The van der Waals surface area contributed by atoms with E-state index in [0.29, 0.717) is 18.2 Å². The summed E-state index contributed by atoms with van der Waals surface area (Å²) < 4.78 is 5.37. The molecule has 1 aromatic rings. The number of rotatable bonds is 1. The summed E-state index contributed by atoms with van der Waals surface area (Å²) in [5, 5.41) is 0.494. The van der Waals surface area contributed by atoms with E-state index in [1.165, 1.54) is 0 Å². The van der Waals surface area contributed by atoms with Gasteiger partial charge in [0.15, 0.2) is 0 Å². The third kappa shape index (κ3) is 3.83. The number of carbonyl (C=O) groups excluding carboxylic acids is 1. The summed E-state index contributed by atoms with van der Waals surface area (Å²) in [4.78, 5) is 18.0. The van der Waals surface area contributed by atoms with Crippen molar-refractivity contribution in [2.45, 2.75) is 38.7 Å². The van der Waals surface area contributed by atoms with Gasteiger partial charge in [0.25, 0.3) is 0 Å². The van der Waals surface area contributed by atoms with Crippen LogP contribution in [0.4, 0.5) is 4.79 Å². The largest absolute Gasteiger partial charge is 0.444 e. The number of hydrogen-bond acceptors (Lipinski definition) is 3. The molecule has 0 spiro atoms. The van der Waals surface area contributed by atoms with Gasteiger partial charge >= 0.3 is 6.09 Å². The molecule has 2 heterocycles. The van der Waals surface area contributed by atoms with Gasteiger partial charge in [0.2, 0.25) is 0 Å². The molecule has 0 bridgehead atoms. The van der Waals surface area contributed by atoms with Crippen LogP contribution in [-0.2, 0) is 4.74 Å². The first-order valence-corrected chi connectivity index (χ1v) is 6.83. The predicted molar refractivity (Wildman–Crippen MR) is 74.4 cm³/mol. The topological polar surface area (TPSA) is 42.4 Å². The Bertz CT molecular complexity index is 471. The number of halogens is 1. The smallest absolute Gasteiger partial charge is 0.410 e. The van der Waals surface area contributed by atoms with E-state index in [1.54, 1.807) is 11.0 Å². The average molecular weight is 283 g/mol. The van der Waals surface area contributed by atoms with Crippen molar-refractivity contribution >= 4 is 17.7 Å². The highest BCUT2D eigenvalue weighted by Crippen LogP contribution is 2.27. The van der Waals surface area contributed by atoms with E-state index >= 15 is 0 Å². The van der Waals surface area contributed by atoms with Crippen LogP contribution in [0.25, 0.3) is 0 Å². The van der Waals surface area contributed by atoms with Crippen molar-refractivity contribution in [2.24, 2.45) is 0 Å². The molecule has 1 atom stereocenters. The van der Waals surface area contributed by atoms with E-state index in [1.807, 2.05) is 32.9 Å². The standard InChI is InChI=1S/C14H19ClN2O2/c1-14(2,3)19-13(18)17-8-7-10(9-17)11-5-4-6-12(15)16-11/h4-6,10H,7-9H2,1-3H3. The predicted octanol–water partition coefficient (Wildman–Crippen LogP) is 3.46. The van der Waals surface area contributed by atoms with E-state index in [0.717, 1.165) is 12.1 Å². The quantitative estimate of drug-likeness (QED) is 0.741. The molecule has 104 valence electrons. The third-order valence-corrected chi connectivity index (χ3v) is 3.21. The fraction of sp³-hybridized carbons (Fsp3) is 0.571. The number of aromatic nitrogens is 1. The van der Waals surface area contributed by atoms with Crippen LogP contribution in [0.15, 0.2) is 18.2 Å². The summed E-state index contributed by atoms with van der Waals surface area (Å²) in [6, 6.07) is 5.60. The number of carbonyl (C=O) groups is 1. The first-order valence-electron chi connectivity index (χ1n) is 6.45. The Hall–Kier alpha value is -1.29. The molecule has 0 N–H and O–H groups in total. The fourth-order valence-corrected chi connectivity index (χ4v) is 2.32. The second-order valence-electron chi connectivity index (χ2n) is 5.80. The number of pyridine rings is 1. The molecular weight excluding hydrogens is 264 g/mol. The second-order valence-corrected chi connectivity index (χ2v) is 6.18. The third-order valence-electron chi connectivity index (χ3n) is 2.99. The molecule has 0 aliphatic carbocycles. The van der Waals surface area contributed by atoms with Crippen molar-refractivity contribution in [3.05, 3.63) is 29.0 Å². The van der Waals surface area contributed by atoms with E-state index in [9.17, 15) is 4.79 Å². The Morgan fingerprint density at radius 3 is 2.84 bits per heavy atom. The molecule has 1 aliphatic rings. The van der Waals surface area contributed by atoms with Crippen molar-refractivity contribution in [3.63, 3.8) is 0 Å². The van der Waals surface area contributed by atoms with Gasteiger partial charge in [0.1, 0.15) is 10.8 Å². The molecule has 5 heteroatoms. The number of likely N-dealkylation sites (tertiary alicyclic amines) is 1. The van der Waals surface area contributed by atoms with E-state index in [-0.39, 0.29) is 12.0 Å². The highest BCUT2D eigenvalue weighted by Gasteiger charge is 2.31. The number of nitrogens with zero attached hydrogens (tertiary/aromatic N) is 2. The molecule has 19 heavy (non-hydrogen) atoms. The molecule has 0 radical (unpaired) electrons. The van der Waals surface area contributed by atoms with E-state index < -0.39 is 5.60 Å². The van der Waals surface area contributed by atoms with Gasteiger partial charge in [-0.25, -0.2) is 9.78 Å². The zero-order chi connectivity index (χ0) is 14.0. The van der Waals surface area contributed by atoms with E-state index in [4.69, 9.17) is 16.3 Å². The number of ether oxygens (including phenoxy) is 1. The minimum Gasteiger partial charge on any atom is -0.444 e. The molecule has 1 amide bonds. The summed E-state index contributed by atoms with van der Waals surface area (Å²) >= 11 is 5.89. The summed E-state index contributed by atoms with van der Waals surface area (Å²) in [6.45, 7) is 6.96. The molecule has 0 saturated carbocycles. The van der Waals surface area contributed by atoms with Crippen LogP contribution in [-0.4, -0.2) is 34.7 Å². The Balaban J connectivity index is 1.98. The lowest BCUT2D eigenvalue weighted by molar-refractivity contribution is 0.0292. The van der Waals surface area contributed by atoms with Crippen molar-refractivity contribution in [1.29, 1.82) is 0 Å². The van der Waals surface area contributed by atoms with Crippen LogP contribution in [0.2, 0.25) is 5.15 Å². The zero-order valence-corrected chi connectivity index (χ0v) is 12.3. The second kappa shape index (κ2) is 5.37. The Labute approximate surface area is 118 Å². The molecule has 1 unspecified atom stereocenters. The van der Waals surface area contributed by atoms with Gasteiger partial charge in [-0.1, -0.05) is 17.7 Å². The van der Waals surface area contributed by atoms with Crippen LogP contribution in [0.3, 0.4) is 0 Å². The van der Waals surface area contributed by atoms with Gasteiger partial charge in [-0.05, 0) is 39.3 Å². The molecule has 1 fully saturated rings. The first-order chi connectivity index (χ1) is 8.85. The Morgan fingerprint density at radius 2 is 2.21 bits per heavy atom. The van der Waals surface area contributed by atoms with Crippen LogP contribution in [0.5, 0.6) is 0 Å². The molecule has 4 nitrogen and oxygen atoms in total. The minimum atomic E-state index is -0.455. The van der Waals surface area contributed by atoms with Gasteiger partial charge in [-0.15, -0.1) is 0 Å². The first kappa shape index (κ1) is 14.1. The lowest BCUT2D eigenvalue weighted by Crippen LogP contribution is -2.35. The molecule has 1 saturated heterocycles. The maximum atomic E-state index is 12.0. The molecule has 0 aromatic carbocycles. The van der Waals surface area contributed by atoms with Gasteiger partial charge < -0.3 is 9.64 Å². The van der Waals surface area contributed by atoms with Gasteiger partial charge in [-0.2, -0.15) is 0 Å². The van der Waals surface area contributed by atoms with Crippen LogP contribution in [0, 0.1) is 0 Å². The molecule has 1 aromatic heterocycles. The van der Waals surface area contributed by atoms with E-state index in [2.05, 4.69) is 4.98 Å². The number of hydrogen-bond donors (Lipinski definition) is 0.